The molecule has 0 saturated carbocycles. The molecule has 0 spiro atoms. The zero-order valence-corrected chi connectivity index (χ0v) is 53.9. The van der Waals surface area contributed by atoms with E-state index < -0.39 is 12.1 Å². The second-order valence-electron chi connectivity index (χ2n) is 25.3. The second-order valence-corrected chi connectivity index (χ2v) is 25.3. The Morgan fingerprint density at radius 1 is 0.342 bits per heavy atom. The van der Waals surface area contributed by atoms with Crippen LogP contribution in [0.5, 0.6) is 0 Å². The Balaban J connectivity index is 3.35. The summed E-state index contributed by atoms with van der Waals surface area (Å²) in [6, 6.07) is -0.625. The molecule has 0 aromatic carbocycles. The summed E-state index contributed by atoms with van der Waals surface area (Å²) in [5.74, 6) is -0.0376. The molecular weight excluding hydrogens is 971 g/mol. The summed E-state index contributed by atoms with van der Waals surface area (Å²) in [6.45, 7) is 4.95. The Labute approximate surface area is 495 Å². The highest BCUT2D eigenvalue weighted by Gasteiger charge is 2.18. The number of amides is 1. The van der Waals surface area contributed by atoms with E-state index in [4.69, 9.17) is 4.74 Å². The number of hydrogen-bond donors (Lipinski definition) is 3. The molecule has 0 aliphatic rings. The fourth-order valence-corrected chi connectivity index (χ4v) is 11.8. The molecule has 0 fully saturated rings. The van der Waals surface area contributed by atoms with Gasteiger partial charge in [0.05, 0.1) is 25.4 Å². The van der Waals surface area contributed by atoms with Gasteiger partial charge in [-0.3, -0.25) is 9.59 Å². The Bertz CT molecular complexity index is 1190. The molecule has 2 atom stereocenters. The van der Waals surface area contributed by atoms with Gasteiger partial charge >= 0.3 is 5.97 Å². The predicted molar refractivity (Wildman–Crippen MR) is 347 cm³/mol. The first-order chi connectivity index (χ1) is 39.0. The number of aliphatic hydroxyl groups is 2. The summed E-state index contributed by atoms with van der Waals surface area (Å²) >= 11 is 0. The minimum Gasteiger partial charge on any atom is -0.466 e. The van der Waals surface area contributed by atoms with Crippen LogP contribution < -0.4 is 5.32 Å². The topological polar surface area (TPSA) is 95.9 Å². The van der Waals surface area contributed by atoms with Gasteiger partial charge in [0.2, 0.25) is 5.91 Å². The predicted octanol–water partition coefficient (Wildman–Crippen LogP) is 23.5. The number of ether oxygens (including phenoxy) is 1. The van der Waals surface area contributed by atoms with Gasteiger partial charge in [-0.05, 0) is 32.1 Å². The molecule has 6 heteroatoms. The molecule has 3 N–H and O–H groups in total. The van der Waals surface area contributed by atoms with Crippen molar-refractivity contribution >= 4 is 11.9 Å². The van der Waals surface area contributed by atoms with Crippen molar-refractivity contribution in [3.8, 4) is 0 Å². The first kappa shape index (κ1) is 77.6. The number of allylic oxidation sites excluding steroid dienone is 1. The second kappa shape index (κ2) is 69.1. The van der Waals surface area contributed by atoms with Crippen molar-refractivity contribution in [2.45, 2.75) is 431 Å². The third-order valence-electron chi connectivity index (χ3n) is 17.3. The smallest absolute Gasteiger partial charge is 0.305 e. The van der Waals surface area contributed by atoms with Crippen molar-refractivity contribution in [1.29, 1.82) is 0 Å². The molecule has 0 aliphatic carbocycles. The van der Waals surface area contributed by atoms with Crippen LogP contribution in [0.25, 0.3) is 0 Å². The lowest BCUT2D eigenvalue weighted by molar-refractivity contribution is -0.143. The summed E-state index contributed by atoms with van der Waals surface area (Å²) in [6.07, 6.45) is 85.9. The van der Waals surface area contributed by atoms with E-state index in [-0.39, 0.29) is 18.5 Å². The van der Waals surface area contributed by atoms with Gasteiger partial charge in [-0.15, -0.1) is 0 Å². The zero-order valence-electron chi connectivity index (χ0n) is 53.9. The number of aliphatic hydroxyl groups excluding tert-OH is 2. The fourth-order valence-electron chi connectivity index (χ4n) is 11.8. The molecule has 0 bridgehead atoms. The standard InChI is InChI=1S/C73H143NO5/c1-3-5-7-9-11-13-15-17-19-20-32-35-38-41-45-49-53-57-61-65-71(76)70(69-75)74-72(77)66-62-58-54-50-46-42-39-36-33-30-28-26-24-22-21-23-25-27-29-31-34-37-40-44-48-52-56-60-64-68-79-73(78)67-63-59-55-51-47-43-18-16-14-12-10-8-6-4-2/h61,65,70-71,75-76H,3-60,62-64,66-69H2,1-2H3,(H,74,77)/b65-61+. The Kier molecular flexibility index (Phi) is 67.9. The largest absolute Gasteiger partial charge is 0.466 e. The van der Waals surface area contributed by atoms with Gasteiger partial charge in [0.15, 0.2) is 0 Å². The maximum absolute atomic E-state index is 12.5. The van der Waals surface area contributed by atoms with Crippen LogP contribution in [-0.4, -0.2) is 47.4 Å². The van der Waals surface area contributed by atoms with E-state index in [9.17, 15) is 19.8 Å². The minimum atomic E-state index is -0.842. The Morgan fingerprint density at radius 2 is 0.582 bits per heavy atom. The highest BCUT2D eigenvalue weighted by molar-refractivity contribution is 5.76. The van der Waals surface area contributed by atoms with Gasteiger partial charge < -0.3 is 20.3 Å². The first-order valence-corrected chi connectivity index (χ1v) is 36.5. The summed E-state index contributed by atoms with van der Waals surface area (Å²) in [4.78, 5) is 24.6. The van der Waals surface area contributed by atoms with E-state index in [1.165, 1.54) is 353 Å². The van der Waals surface area contributed by atoms with Gasteiger partial charge in [0.25, 0.3) is 0 Å². The molecule has 0 aromatic rings. The van der Waals surface area contributed by atoms with Crippen LogP contribution in [0, 0.1) is 0 Å². The van der Waals surface area contributed by atoms with Crippen LogP contribution in [0.1, 0.15) is 418 Å². The molecule has 1 amide bonds. The molecule has 2 unspecified atom stereocenters. The van der Waals surface area contributed by atoms with Crippen molar-refractivity contribution < 1.29 is 24.5 Å². The third-order valence-corrected chi connectivity index (χ3v) is 17.3. The normalized spacial score (nSPS) is 12.5. The number of hydrogen-bond acceptors (Lipinski definition) is 5. The SMILES string of the molecule is CCCCCCCCCCCCCCCCCCC/C=C/C(O)C(CO)NC(=O)CCCCCCCCCCCCCCCCCCCCCCCCCCCCCCCOC(=O)CCCCCCCCCCCCCCCC. The lowest BCUT2D eigenvalue weighted by Crippen LogP contribution is -2.45. The lowest BCUT2D eigenvalue weighted by atomic mass is 10.0. The van der Waals surface area contributed by atoms with Crippen LogP contribution >= 0.6 is 0 Å². The van der Waals surface area contributed by atoms with E-state index in [0.29, 0.717) is 19.4 Å². The summed E-state index contributed by atoms with van der Waals surface area (Å²) in [5, 5.41) is 23.2. The summed E-state index contributed by atoms with van der Waals surface area (Å²) in [7, 11) is 0. The minimum absolute atomic E-state index is 0.0224. The summed E-state index contributed by atoms with van der Waals surface area (Å²) in [5.41, 5.74) is 0. The van der Waals surface area contributed by atoms with Crippen LogP contribution in [0.4, 0.5) is 0 Å². The molecule has 470 valence electrons. The van der Waals surface area contributed by atoms with Crippen LogP contribution in [0.2, 0.25) is 0 Å². The molecule has 79 heavy (non-hydrogen) atoms. The van der Waals surface area contributed by atoms with Gasteiger partial charge in [-0.25, -0.2) is 0 Å². The van der Waals surface area contributed by atoms with Gasteiger partial charge in [0, 0.05) is 12.8 Å². The average Bonchev–Trinajstić information content (AvgIpc) is 3.45. The number of esters is 1. The maximum atomic E-state index is 12.5. The van der Waals surface area contributed by atoms with Gasteiger partial charge in [0.1, 0.15) is 0 Å². The van der Waals surface area contributed by atoms with Crippen LogP contribution in [0.3, 0.4) is 0 Å². The lowest BCUT2D eigenvalue weighted by Gasteiger charge is -2.20. The molecular formula is C73H143NO5. The van der Waals surface area contributed by atoms with Crippen LogP contribution in [-0.2, 0) is 14.3 Å². The monoisotopic (exact) mass is 1110 g/mol. The van der Waals surface area contributed by atoms with E-state index in [1.807, 2.05) is 6.08 Å². The average molecular weight is 1110 g/mol. The maximum Gasteiger partial charge on any atom is 0.305 e. The molecule has 0 heterocycles. The van der Waals surface area contributed by atoms with Crippen molar-refractivity contribution in [2.75, 3.05) is 13.2 Å². The highest BCUT2D eigenvalue weighted by atomic mass is 16.5. The molecule has 0 aromatic heterocycles. The van der Waals surface area contributed by atoms with Gasteiger partial charge in [-0.1, -0.05) is 386 Å². The number of nitrogens with one attached hydrogen (secondary N) is 1. The van der Waals surface area contributed by atoms with E-state index in [1.54, 1.807) is 6.08 Å². The molecule has 0 saturated heterocycles. The highest BCUT2D eigenvalue weighted by Crippen LogP contribution is 2.19. The molecule has 0 aliphatic heterocycles. The Hall–Kier alpha value is -1.40. The van der Waals surface area contributed by atoms with Crippen molar-refractivity contribution in [2.24, 2.45) is 0 Å². The number of carbonyl (C=O) groups is 2. The third kappa shape index (κ3) is 65.6. The molecule has 6 nitrogen and oxygen atoms in total. The van der Waals surface area contributed by atoms with Crippen LogP contribution in [0.15, 0.2) is 12.2 Å². The van der Waals surface area contributed by atoms with E-state index >= 15 is 0 Å². The Morgan fingerprint density at radius 3 is 0.861 bits per heavy atom. The molecule has 0 rings (SSSR count). The first-order valence-electron chi connectivity index (χ1n) is 36.5. The van der Waals surface area contributed by atoms with Gasteiger partial charge in [-0.2, -0.15) is 0 Å². The number of carbonyl (C=O) groups excluding carboxylic acids is 2. The van der Waals surface area contributed by atoms with E-state index in [2.05, 4.69) is 19.2 Å². The van der Waals surface area contributed by atoms with Crippen molar-refractivity contribution in [3.05, 3.63) is 12.2 Å². The summed E-state index contributed by atoms with van der Waals surface area (Å²) < 4.78 is 5.50. The zero-order chi connectivity index (χ0) is 57.1. The van der Waals surface area contributed by atoms with Crippen molar-refractivity contribution in [3.63, 3.8) is 0 Å². The van der Waals surface area contributed by atoms with Crippen molar-refractivity contribution in [1.82, 2.24) is 5.32 Å². The number of unbranched alkanes of at least 4 members (excludes halogenated alkanes) is 58. The quantitative estimate of drug-likeness (QED) is 0.0320. The fraction of sp³-hybridized carbons (Fsp3) is 0.945. The van der Waals surface area contributed by atoms with E-state index in [0.717, 1.165) is 38.5 Å². The molecule has 0 radical (unpaired) electrons. The number of rotatable bonds is 69.